The van der Waals surface area contributed by atoms with Crippen molar-refractivity contribution < 1.29 is 74.1 Å². The van der Waals surface area contributed by atoms with Crippen molar-refractivity contribution in [3.8, 4) is 0 Å². The number of hydrogen-bond donors (Lipinski definition) is 0. The molecule has 6 nitrogen and oxygen atoms in total. The van der Waals surface area contributed by atoms with Crippen LogP contribution in [0.5, 0.6) is 0 Å². The Kier molecular flexibility index (Phi) is 36.6. The summed E-state index contributed by atoms with van der Waals surface area (Å²) >= 11 is 0. The Morgan fingerprint density at radius 1 is 1.30 bits per heavy atom. The summed E-state index contributed by atoms with van der Waals surface area (Å²) in [6.45, 7) is 0.972. The summed E-state index contributed by atoms with van der Waals surface area (Å²) in [4.78, 5) is 17.1. The summed E-state index contributed by atoms with van der Waals surface area (Å²) in [7, 11) is 0. The minimum absolute atomic E-state index is 0. The first kappa shape index (κ1) is 22.4. The normalized spacial score (nSPS) is 4.90. The average Bonchev–Trinajstić information content (AvgIpc) is 1.25. The van der Waals surface area contributed by atoms with E-state index in [9.17, 15) is 0 Å². The van der Waals surface area contributed by atoms with Crippen molar-refractivity contribution >= 4 is 5.97 Å². The largest absolute Gasteiger partial charge is 1.00 e. The van der Waals surface area contributed by atoms with Crippen molar-refractivity contribution in [3.63, 3.8) is 0 Å². The van der Waals surface area contributed by atoms with Crippen molar-refractivity contribution in [2.45, 2.75) is 6.92 Å². The van der Waals surface area contributed by atoms with Gasteiger partial charge in [0.25, 0.3) is 0 Å². The van der Waals surface area contributed by atoms with Crippen molar-refractivity contribution in [2.75, 3.05) is 0 Å². The van der Waals surface area contributed by atoms with E-state index in [1.54, 1.807) is 0 Å². The fraction of sp³-hybridized carbons (Fsp3) is 0.500. The van der Waals surface area contributed by atoms with Crippen molar-refractivity contribution in [1.29, 1.82) is 0 Å². The molecule has 0 amide bonds. The minimum Gasteiger partial charge on any atom is -0.550 e. The van der Waals surface area contributed by atoms with Gasteiger partial charge in [-0.05, 0) is 6.92 Å². The second-order valence-corrected chi connectivity index (χ2v) is 0.715. The summed E-state index contributed by atoms with van der Waals surface area (Å²) in [5.74, 6) is -1.08. The zero-order valence-corrected chi connectivity index (χ0v) is 9.99. The standard InChI is InChI=1S/C2H4O2.NO3.2Na/c1-2(3)4;2-1(3)4;;/h1H3,(H,3,4);;;/q;-1;2*+1/p-1. The first-order chi connectivity index (χ1) is 3.46. The second-order valence-electron chi connectivity index (χ2n) is 0.715. The summed E-state index contributed by atoms with van der Waals surface area (Å²) in [5, 5.41) is 23.6. The van der Waals surface area contributed by atoms with Gasteiger partial charge in [0.1, 0.15) is 0 Å². The maximum absolute atomic E-state index is 8.89. The van der Waals surface area contributed by atoms with Gasteiger partial charge in [0.05, 0.1) is 5.09 Å². The van der Waals surface area contributed by atoms with Crippen LogP contribution < -0.4 is 64.2 Å². The number of carbonyl (C=O) groups is 1. The third-order valence-corrected chi connectivity index (χ3v) is 0. The van der Waals surface area contributed by atoms with Crippen molar-refractivity contribution in [1.82, 2.24) is 0 Å². The van der Waals surface area contributed by atoms with Gasteiger partial charge in [-0.1, -0.05) is 0 Å². The van der Waals surface area contributed by atoms with Gasteiger partial charge in [-0.3, -0.25) is 0 Å². The number of carboxylic acid groups (broad SMARTS) is 1. The molecule has 0 aliphatic heterocycles. The molecule has 0 aromatic heterocycles. The van der Waals surface area contributed by atoms with Gasteiger partial charge in [0.2, 0.25) is 0 Å². The van der Waals surface area contributed by atoms with Crippen LogP contribution in [0.3, 0.4) is 0 Å². The van der Waals surface area contributed by atoms with Crippen LogP contribution in [-0.2, 0) is 4.79 Å². The zero-order chi connectivity index (χ0) is 7.15. The molecule has 0 spiro atoms. The molecule has 0 bridgehead atoms. The van der Waals surface area contributed by atoms with Gasteiger partial charge < -0.3 is 25.2 Å². The van der Waals surface area contributed by atoms with Gasteiger partial charge in [0, 0.05) is 5.97 Å². The molecule has 0 aliphatic carbocycles. The molecule has 0 heterocycles. The Bertz CT molecular complexity index is 75.6. The van der Waals surface area contributed by atoms with Gasteiger partial charge >= 0.3 is 59.1 Å². The molecule has 0 radical (unpaired) electrons. The molecule has 0 saturated heterocycles. The van der Waals surface area contributed by atoms with E-state index < -0.39 is 11.1 Å². The molecule has 0 aromatic rings. The van der Waals surface area contributed by atoms with E-state index >= 15 is 0 Å². The Morgan fingerprint density at radius 2 is 1.30 bits per heavy atom. The summed E-state index contributed by atoms with van der Waals surface area (Å²) in [6.07, 6.45) is 0. The van der Waals surface area contributed by atoms with E-state index in [2.05, 4.69) is 0 Å². The molecule has 0 saturated carbocycles. The van der Waals surface area contributed by atoms with E-state index in [-0.39, 0.29) is 59.1 Å². The predicted octanol–water partition coefficient (Wildman–Crippen LogP) is -7.47. The van der Waals surface area contributed by atoms with Gasteiger partial charge in [-0.2, -0.15) is 0 Å². The Hall–Kier alpha value is 0.670. The molecule has 0 aromatic carbocycles. The molecule has 0 atom stereocenters. The third-order valence-electron chi connectivity index (χ3n) is 0. The van der Waals surface area contributed by atoms with Crippen LogP contribution in [0.25, 0.3) is 0 Å². The molecule has 10 heavy (non-hydrogen) atoms. The summed E-state index contributed by atoms with van der Waals surface area (Å²) in [6, 6.07) is 0. The monoisotopic (exact) mass is 167 g/mol. The average molecular weight is 167 g/mol. The molecular formula is C2H3NNa2O5. The van der Waals surface area contributed by atoms with Gasteiger partial charge in [-0.25, -0.2) is 0 Å². The van der Waals surface area contributed by atoms with Crippen LogP contribution >= 0.6 is 0 Å². The van der Waals surface area contributed by atoms with Crippen LogP contribution in [0.1, 0.15) is 6.92 Å². The molecular weight excluding hydrogens is 164 g/mol. The molecule has 8 heteroatoms. The SMILES string of the molecule is CC(=O)[O-].O=[N+]([O-])[O-].[Na+].[Na+]. The quantitative estimate of drug-likeness (QED) is 0.202. The smallest absolute Gasteiger partial charge is 0.550 e. The van der Waals surface area contributed by atoms with Crippen LogP contribution in [0.15, 0.2) is 0 Å². The van der Waals surface area contributed by atoms with Gasteiger partial charge in [-0.15, -0.1) is 0 Å². The maximum atomic E-state index is 8.89. The Morgan fingerprint density at radius 3 is 1.30 bits per heavy atom. The third kappa shape index (κ3) is 1140. The zero-order valence-electron chi connectivity index (χ0n) is 5.99. The Labute approximate surface area is 101 Å². The van der Waals surface area contributed by atoms with Crippen LogP contribution in [0.2, 0.25) is 0 Å². The molecule has 0 unspecified atom stereocenters. The molecule has 48 valence electrons. The van der Waals surface area contributed by atoms with Crippen molar-refractivity contribution in [3.05, 3.63) is 15.3 Å². The maximum Gasteiger partial charge on any atom is 1.00 e. The first-order valence-corrected chi connectivity index (χ1v) is 1.46. The van der Waals surface area contributed by atoms with Crippen LogP contribution in [-0.4, -0.2) is 11.1 Å². The van der Waals surface area contributed by atoms with E-state index in [1.165, 1.54) is 0 Å². The fourth-order valence-corrected chi connectivity index (χ4v) is 0. The van der Waals surface area contributed by atoms with E-state index in [1.807, 2.05) is 0 Å². The molecule has 0 fully saturated rings. The number of carbonyl (C=O) groups excluding carboxylic acids is 1. The van der Waals surface area contributed by atoms with E-state index in [0.29, 0.717) is 0 Å². The van der Waals surface area contributed by atoms with Crippen LogP contribution in [0, 0.1) is 15.3 Å². The molecule has 0 N–H and O–H groups in total. The number of carboxylic acids is 1. The summed E-state index contributed by atoms with van der Waals surface area (Å²) in [5.41, 5.74) is 0. The topological polar surface area (TPSA) is 106 Å². The predicted molar refractivity (Wildman–Crippen MR) is 21.0 cm³/mol. The Balaban J connectivity index is -0.0000000300. The van der Waals surface area contributed by atoms with Gasteiger partial charge in [0.15, 0.2) is 0 Å². The fourth-order valence-electron chi connectivity index (χ4n) is 0. The second kappa shape index (κ2) is 16.3. The van der Waals surface area contributed by atoms with Crippen molar-refractivity contribution in [2.24, 2.45) is 0 Å². The first-order valence-electron chi connectivity index (χ1n) is 1.46. The minimum atomic E-state index is -1.75. The number of hydrogen-bond acceptors (Lipinski definition) is 5. The summed E-state index contributed by atoms with van der Waals surface area (Å²) < 4.78 is 0. The number of nitrogens with zero attached hydrogens (tertiary/aromatic N) is 1. The molecule has 0 aliphatic rings. The van der Waals surface area contributed by atoms with E-state index in [4.69, 9.17) is 25.2 Å². The number of aliphatic carboxylic acids is 1. The number of rotatable bonds is 0. The van der Waals surface area contributed by atoms with Crippen LogP contribution in [0.4, 0.5) is 0 Å². The molecule has 0 rings (SSSR count). The van der Waals surface area contributed by atoms with E-state index in [0.717, 1.165) is 6.92 Å².